The van der Waals surface area contributed by atoms with Gasteiger partial charge in [0.1, 0.15) is 6.26 Å². The van der Waals surface area contributed by atoms with Gasteiger partial charge in [-0.25, -0.2) is 4.98 Å². The maximum Gasteiger partial charge on any atom is 0.226 e. The molecule has 2 N–H and O–H groups in total. The Morgan fingerprint density at radius 3 is 2.85 bits per heavy atom. The van der Waals surface area contributed by atoms with Gasteiger partial charge in [-0.1, -0.05) is 0 Å². The normalized spacial score (nSPS) is 9.70. The minimum absolute atomic E-state index is 0. The van der Waals surface area contributed by atoms with Crippen molar-refractivity contribution in [2.45, 2.75) is 13.5 Å². The van der Waals surface area contributed by atoms with Crippen LogP contribution in [0.25, 0.3) is 11.5 Å². The molecule has 0 fully saturated rings. The SMILES string of the molecule is COc1ccc(-c2nc(CNC(C)=O)co2)cc1O.[Re]. The summed E-state index contributed by atoms with van der Waals surface area (Å²) in [6.07, 6.45) is 1.46. The third-order valence-electron chi connectivity index (χ3n) is 2.50. The summed E-state index contributed by atoms with van der Waals surface area (Å²) in [5.74, 6) is 0.639. The molecule has 6 nitrogen and oxygen atoms in total. The van der Waals surface area contributed by atoms with Gasteiger partial charge in [0.25, 0.3) is 0 Å². The van der Waals surface area contributed by atoms with Crippen molar-refractivity contribution >= 4 is 5.91 Å². The maximum atomic E-state index is 10.8. The zero-order valence-corrected chi connectivity index (χ0v) is 13.7. The molecule has 7 heteroatoms. The molecule has 1 aromatic heterocycles. The number of aromatic nitrogens is 1. The zero-order valence-electron chi connectivity index (χ0n) is 11.0. The monoisotopic (exact) mass is 449 g/mol. The van der Waals surface area contributed by atoms with Crippen LogP contribution in [0.15, 0.2) is 28.9 Å². The van der Waals surface area contributed by atoms with Gasteiger partial charge in [0.2, 0.25) is 11.8 Å². The van der Waals surface area contributed by atoms with Crippen LogP contribution in [-0.2, 0) is 31.8 Å². The minimum atomic E-state index is -0.133. The summed E-state index contributed by atoms with van der Waals surface area (Å²) in [4.78, 5) is 15.0. The van der Waals surface area contributed by atoms with Gasteiger partial charge in [-0.2, -0.15) is 0 Å². The average Bonchev–Trinajstić information content (AvgIpc) is 2.85. The number of carbonyl (C=O) groups is 1. The molecule has 107 valence electrons. The molecule has 2 aromatic rings. The second-order valence-corrected chi connectivity index (χ2v) is 3.94. The van der Waals surface area contributed by atoms with Crippen molar-refractivity contribution in [3.8, 4) is 23.0 Å². The van der Waals surface area contributed by atoms with Crippen LogP contribution >= 0.6 is 0 Å². The van der Waals surface area contributed by atoms with Gasteiger partial charge in [0.05, 0.1) is 19.3 Å². The number of methoxy groups -OCH3 is 1. The number of nitrogens with one attached hydrogen (secondary N) is 1. The van der Waals surface area contributed by atoms with Crippen LogP contribution in [-0.4, -0.2) is 23.1 Å². The molecule has 0 saturated heterocycles. The average molecular weight is 448 g/mol. The summed E-state index contributed by atoms with van der Waals surface area (Å²) < 4.78 is 10.3. The summed E-state index contributed by atoms with van der Waals surface area (Å²) in [6.45, 7) is 1.74. The Kier molecular flexibility index (Phi) is 5.74. The number of amides is 1. The summed E-state index contributed by atoms with van der Waals surface area (Å²) in [5, 5.41) is 12.3. The number of benzene rings is 1. The number of ether oxygens (including phenoxy) is 1. The van der Waals surface area contributed by atoms with E-state index in [2.05, 4.69) is 10.3 Å². The molecule has 0 aliphatic heterocycles. The van der Waals surface area contributed by atoms with E-state index in [0.29, 0.717) is 29.4 Å². The third-order valence-corrected chi connectivity index (χ3v) is 2.50. The van der Waals surface area contributed by atoms with Gasteiger partial charge in [-0.15, -0.1) is 0 Å². The number of hydrogen-bond acceptors (Lipinski definition) is 5. The fraction of sp³-hybridized carbons (Fsp3) is 0.231. The molecule has 1 heterocycles. The standard InChI is InChI=1S/C13H14N2O4.Re/c1-8(16)14-6-10-7-19-13(15-10)9-3-4-12(18-2)11(17)5-9;/h3-5,7,17H,6H2,1-2H3,(H,14,16);. The molecule has 0 bridgehead atoms. The Morgan fingerprint density at radius 1 is 1.50 bits per heavy atom. The number of oxazole rings is 1. The van der Waals surface area contributed by atoms with Crippen molar-refractivity contribution in [3.05, 3.63) is 30.2 Å². The van der Waals surface area contributed by atoms with Crippen molar-refractivity contribution < 1.29 is 39.5 Å². The molecule has 1 aromatic carbocycles. The number of aromatic hydroxyl groups is 1. The predicted molar refractivity (Wildman–Crippen MR) is 67.7 cm³/mol. The van der Waals surface area contributed by atoms with E-state index in [9.17, 15) is 9.90 Å². The molecule has 1 radical (unpaired) electrons. The maximum absolute atomic E-state index is 10.8. The van der Waals surface area contributed by atoms with Crippen molar-refractivity contribution in [1.82, 2.24) is 10.3 Å². The first-order valence-electron chi connectivity index (χ1n) is 5.66. The van der Waals surface area contributed by atoms with Crippen LogP contribution in [0.5, 0.6) is 11.5 Å². The minimum Gasteiger partial charge on any atom is -0.504 e. The molecule has 0 unspecified atom stereocenters. The van der Waals surface area contributed by atoms with Gasteiger partial charge in [-0.3, -0.25) is 4.79 Å². The smallest absolute Gasteiger partial charge is 0.226 e. The number of phenols is 1. The van der Waals surface area contributed by atoms with Crippen LogP contribution in [0, 0.1) is 0 Å². The van der Waals surface area contributed by atoms with E-state index in [1.807, 2.05) is 0 Å². The molecule has 0 spiro atoms. The van der Waals surface area contributed by atoms with Crippen LogP contribution < -0.4 is 10.1 Å². The zero-order chi connectivity index (χ0) is 13.8. The topological polar surface area (TPSA) is 84.6 Å². The Balaban J connectivity index is 0.00000200. The van der Waals surface area contributed by atoms with Crippen molar-refractivity contribution in [2.24, 2.45) is 0 Å². The summed E-state index contributed by atoms with van der Waals surface area (Å²) in [7, 11) is 1.48. The van der Waals surface area contributed by atoms with Gasteiger partial charge in [0, 0.05) is 32.9 Å². The number of nitrogens with zero attached hydrogens (tertiary/aromatic N) is 1. The van der Waals surface area contributed by atoms with Crippen LogP contribution in [0.3, 0.4) is 0 Å². The molecule has 20 heavy (non-hydrogen) atoms. The first-order valence-corrected chi connectivity index (χ1v) is 5.66. The second-order valence-electron chi connectivity index (χ2n) is 3.94. The summed E-state index contributed by atoms with van der Waals surface area (Å²) >= 11 is 0. The van der Waals surface area contributed by atoms with E-state index in [1.165, 1.54) is 26.4 Å². The Labute approximate surface area is 129 Å². The van der Waals surface area contributed by atoms with E-state index >= 15 is 0 Å². The van der Waals surface area contributed by atoms with Crippen LogP contribution in [0.2, 0.25) is 0 Å². The fourth-order valence-corrected chi connectivity index (χ4v) is 1.56. The molecular weight excluding hydrogens is 434 g/mol. The summed E-state index contributed by atoms with van der Waals surface area (Å²) in [5.41, 5.74) is 1.24. The first kappa shape index (κ1) is 16.2. The fourth-order valence-electron chi connectivity index (χ4n) is 1.56. The van der Waals surface area contributed by atoms with Gasteiger partial charge >= 0.3 is 0 Å². The number of rotatable bonds is 4. The number of phenolic OH excluding ortho intramolecular Hbond substituents is 1. The van der Waals surface area contributed by atoms with E-state index in [-0.39, 0.29) is 32.1 Å². The molecule has 2 rings (SSSR count). The first-order chi connectivity index (χ1) is 9.10. The number of hydrogen-bond donors (Lipinski definition) is 2. The van der Waals surface area contributed by atoms with Gasteiger partial charge in [-0.05, 0) is 18.2 Å². The van der Waals surface area contributed by atoms with E-state index < -0.39 is 0 Å². The van der Waals surface area contributed by atoms with E-state index in [0.717, 1.165) is 0 Å². The summed E-state index contributed by atoms with van der Waals surface area (Å²) in [6, 6.07) is 4.86. The number of carbonyl (C=O) groups excluding carboxylic acids is 1. The second kappa shape index (κ2) is 7.08. The third kappa shape index (κ3) is 3.83. The van der Waals surface area contributed by atoms with Crippen LogP contribution in [0.1, 0.15) is 12.6 Å². The molecular formula is C13H14N2O4Re. The quantitative estimate of drug-likeness (QED) is 0.744. The van der Waals surface area contributed by atoms with Crippen molar-refractivity contribution in [2.75, 3.05) is 7.11 Å². The predicted octanol–water partition coefficient (Wildman–Crippen LogP) is 1.69. The van der Waals surface area contributed by atoms with Gasteiger partial charge in [0.15, 0.2) is 11.5 Å². The van der Waals surface area contributed by atoms with E-state index in [4.69, 9.17) is 9.15 Å². The van der Waals surface area contributed by atoms with E-state index in [1.54, 1.807) is 12.1 Å². The molecule has 1 amide bonds. The molecule has 0 aliphatic rings. The molecule has 0 aliphatic carbocycles. The van der Waals surface area contributed by atoms with Crippen LogP contribution in [0.4, 0.5) is 0 Å². The Morgan fingerprint density at radius 2 is 2.25 bits per heavy atom. The molecule has 0 atom stereocenters. The Bertz CT molecular complexity index is 598. The van der Waals surface area contributed by atoms with Crippen molar-refractivity contribution in [3.63, 3.8) is 0 Å². The van der Waals surface area contributed by atoms with Gasteiger partial charge < -0.3 is 19.6 Å². The Hall–Kier alpha value is -1.84. The van der Waals surface area contributed by atoms with Crippen molar-refractivity contribution in [1.29, 1.82) is 0 Å². The largest absolute Gasteiger partial charge is 0.504 e. The molecule has 0 saturated carbocycles.